The Bertz CT molecular complexity index is 741. The molecule has 0 bridgehead atoms. The standard InChI is InChI=1S/C22H26N2O3/c25-20(23-14-11-18-7-3-1-4-8-18)21(26)24-17-22(12-15-27-16-13-22)19-9-5-2-6-10-19/h1-10H,11-17H2,(H,23,25)(H,24,26). The van der Waals surface area contributed by atoms with Gasteiger partial charge >= 0.3 is 11.8 Å². The Morgan fingerprint density at radius 2 is 1.44 bits per heavy atom. The average Bonchev–Trinajstić information content (AvgIpc) is 2.74. The fourth-order valence-electron chi connectivity index (χ4n) is 3.50. The molecule has 1 fully saturated rings. The lowest BCUT2D eigenvalue weighted by Crippen LogP contribution is -2.48. The molecule has 1 aliphatic heterocycles. The molecule has 0 radical (unpaired) electrons. The van der Waals surface area contributed by atoms with Gasteiger partial charge in [0, 0.05) is 31.7 Å². The number of benzene rings is 2. The van der Waals surface area contributed by atoms with Crippen LogP contribution in [0.4, 0.5) is 0 Å². The number of carbonyl (C=O) groups is 2. The zero-order valence-corrected chi connectivity index (χ0v) is 15.4. The molecular formula is C22H26N2O3. The van der Waals surface area contributed by atoms with Crippen LogP contribution in [0, 0.1) is 0 Å². The van der Waals surface area contributed by atoms with Crippen LogP contribution in [0.25, 0.3) is 0 Å². The van der Waals surface area contributed by atoms with E-state index in [1.807, 2.05) is 48.5 Å². The van der Waals surface area contributed by atoms with Crippen molar-refractivity contribution in [2.24, 2.45) is 0 Å². The number of ether oxygens (including phenoxy) is 1. The van der Waals surface area contributed by atoms with Gasteiger partial charge in [-0.05, 0) is 30.4 Å². The molecule has 0 atom stereocenters. The van der Waals surface area contributed by atoms with Gasteiger partial charge in [-0.2, -0.15) is 0 Å². The zero-order chi connectivity index (χ0) is 19.0. The number of rotatable bonds is 6. The molecule has 0 aromatic heterocycles. The van der Waals surface area contributed by atoms with E-state index >= 15 is 0 Å². The normalized spacial score (nSPS) is 15.7. The summed E-state index contributed by atoms with van der Waals surface area (Å²) in [6.07, 6.45) is 2.35. The monoisotopic (exact) mass is 366 g/mol. The molecule has 1 aliphatic rings. The predicted octanol–water partition coefficient (Wildman–Crippen LogP) is 2.21. The van der Waals surface area contributed by atoms with Gasteiger partial charge in [-0.15, -0.1) is 0 Å². The summed E-state index contributed by atoms with van der Waals surface area (Å²) in [4.78, 5) is 24.3. The lowest BCUT2D eigenvalue weighted by atomic mass is 9.74. The number of hydrogen-bond donors (Lipinski definition) is 2. The molecule has 0 saturated carbocycles. The van der Waals surface area contributed by atoms with E-state index in [1.54, 1.807) is 0 Å². The van der Waals surface area contributed by atoms with Crippen molar-refractivity contribution in [2.75, 3.05) is 26.3 Å². The van der Waals surface area contributed by atoms with Crippen molar-refractivity contribution in [2.45, 2.75) is 24.7 Å². The number of nitrogens with one attached hydrogen (secondary N) is 2. The van der Waals surface area contributed by atoms with Crippen LogP contribution in [0.3, 0.4) is 0 Å². The third kappa shape index (κ3) is 5.17. The van der Waals surface area contributed by atoms with Crippen LogP contribution < -0.4 is 10.6 Å². The first-order valence-electron chi connectivity index (χ1n) is 9.43. The summed E-state index contributed by atoms with van der Waals surface area (Å²) < 4.78 is 5.50. The predicted molar refractivity (Wildman–Crippen MR) is 104 cm³/mol. The first kappa shape index (κ1) is 19.1. The Morgan fingerprint density at radius 3 is 2.11 bits per heavy atom. The molecule has 3 rings (SSSR count). The summed E-state index contributed by atoms with van der Waals surface area (Å²) in [5, 5.41) is 5.53. The molecule has 2 aromatic rings. The van der Waals surface area contributed by atoms with Crippen LogP contribution in [-0.2, 0) is 26.2 Å². The van der Waals surface area contributed by atoms with Crippen LogP contribution in [0.15, 0.2) is 60.7 Å². The minimum atomic E-state index is -0.582. The molecule has 5 heteroatoms. The fourth-order valence-corrected chi connectivity index (χ4v) is 3.50. The molecule has 5 nitrogen and oxygen atoms in total. The maximum atomic E-state index is 12.2. The van der Waals surface area contributed by atoms with Crippen molar-refractivity contribution in [1.82, 2.24) is 10.6 Å². The van der Waals surface area contributed by atoms with E-state index in [-0.39, 0.29) is 5.41 Å². The van der Waals surface area contributed by atoms with Crippen molar-refractivity contribution >= 4 is 11.8 Å². The second-order valence-electron chi connectivity index (χ2n) is 6.93. The molecule has 0 spiro atoms. The summed E-state index contributed by atoms with van der Waals surface area (Å²) in [6.45, 7) is 2.20. The Balaban J connectivity index is 1.52. The maximum Gasteiger partial charge on any atom is 0.309 e. The lowest BCUT2D eigenvalue weighted by molar-refractivity contribution is -0.139. The van der Waals surface area contributed by atoms with Gasteiger partial charge in [0.25, 0.3) is 0 Å². The van der Waals surface area contributed by atoms with Crippen LogP contribution >= 0.6 is 0 Å². The van der Waals surface area contributed by atoms with Gasteiger partial charge in [-0.1, -0.05) is 60.7 Å². The van der Waals surface area contributed by atoms with Gasteiger partial charge < -0.3 is 15.4 Å². The Hall–Kier alpha value is -2.66. The summed E-state index contributed by atoms with van der Waals surface area (Å²) in [5.74, 6) is -1.16. The third-order valence-corrected chi connectivity index (χ3v) is 5.17. The Morgan fingerprint density at radius 1 is 0.852 bits per heavy atom. The van der Waals surface area contributed by atoms with E-state index in [1.165, 1.54) is 5.56 Å². The Kier molecular flexibility index (Phi) is 6.60. The highest BCUT2D eigenvalue weighted by atomic mass is 16.5. The van der Waals surface area contributed by atoms with Gasteiger partial charge in [-0.25, -0.2) is 0 Å². The molecule has 2 N–H and O–H groups in total. The van der Waals surface area contributed by atoms with Crippen molar-refractivity contribution in [1.29, 1.82) is 0 Å². The SMILES string of the molecule is O=C(NCCc1ccccc1)C(=O)NCC1(c2ccccc2)CCOCC1. The van der Waals surface area contributed by atoms with E-state index in [0.29, 0.717) is 32.7 Å². The van der Waals surface area contributed by atoms with Crippen LogP contribution in [-0.4, -0.2) is 38.1 Å². The summed E-state index contributed by atoms with van der Waals surface area (Å²) in [5.41, 5.74) is 2.13. The second-order valence-corrected chi connectivity index (χ2v) is 6.93. The lowest BCUT2D eigenvalue weighted by Gasteiger charge is -2.37. The summed E-state index contributed by atoms with van der Waals surface area (Å²) in [7, 11) is 0. The van der Waals surface area contributed by atoms with Gasteiger partial charge in [-0.3, -0.25) is 9.59 Å². The van der Waals surface area contributed by atoms with Gasteiger partial charge in [0.1, 0.15) is 0 Å². The molecule has 0 unspecified atom stereocenters. The first-order valence-corrected chi connectivity index (χ1v) is 9.43. The molecule has 1 heterocycles. The molecule has 0 aliphatic carbocycles. The summed E-state index contributed by atoms with van der Waals surface area (Å²) in [6, 6.07) is 20.0. The molecule has 27 heavy (non-hydrogen) atoms. The molecule has 2 aromatic carbocycles. The van der Waals surface area contributed by atoms with E-state index in [0.717, 1.165) is 18.4 Å². The quantitative estimate of drug-likeness (QED) is 0.771. The van der Waals surface area contributed by atoms with Crippen molar-refractivity contribution in [3.8, 4) is 0 Å². The van der Waals surface area contributed by atoms with E-state index < -0.39 is 11.8 Å². The van der Waals surface area contributed by atoms with E-state index in [4.69, 9.17) is 4.74 Å². The highest BCUT2D eigenvalue weighted by Gasteiger charge is 2.35. The van der Waals surface area contributed by atoms with Crippen LogP contribution in [0.2, 0.25) is 0 Å². The van der Waals surface area contributed by atoms with Crippen molar-refractivity contribution in [3.05, 3.63) is 71.8 Å². The third-order valence-electron chi connectivity index (χ3n) is 5.17. The molecular weight excluding hydrogens is 340 g/mol. The van der Waals surface area contributed by atoms with Crippen molar-refractivity contribution < 1.29 is 14.3 Å². The van der Waals surface area contributed by atoms with Gasteiger partial charge in [0.2, 0.25) is 0 Å². The van der Waals surface area contributed by atoms with Gasteiger partial charge in [0.05, 0.1) is 0 Å². The number of carbonyl (C=O) groups excluding carboxylic acids is 2. The Labute approximate surface area is 160 Å². The fraction of sp³-hybridized carbons (Fsp3) is 0.364. The molecule has 142 valence electrons. The smallest absolute Gasteiger partial charge is 0.309 e. The van der Waals surface area contributed by atoms with Crippen LogP contribution in [0.5, 0.6) is 0 Å². The largest absolute Gasteiger partial charge is 0.381 e. The number of amides is 2. The topological polar surface area (TPSA) is 67.4 Å². The summed E-state index contributed by atoms with van der Waals surface area (Å²) >= 11 is 0. The van der Waals surface area contributed by atoms with E-state index in [2.05, 4.69) is 22.8 Å². The minimum absolute atomic E-state index is 0.181. The van der Waals surface area contributed by atoms with Crippen LogP contribution in [0.1, 0.15) is 24.0 Å². The second kappa shape index (κ2) is 9.33. The van der Waals surface area contributed by atoms with E-state index in [9.17, 15) is 9.59 Å². The number of hydrogen-bond acceptors (Lipinski definition) is 3. The highest BCUT2D eigenvalue weighted by Crippen LogP contribution is 2.34. The van der Waals surface area contributed by atoms with Crippen molar-refractivity contribution in [3.63, 3.8) is 0 Å². The molecule has 2 amide bonds. The zero-order valence-electron chi connectivity index (χ0n) is 15.4. The minimum Gasteiger partial charge on any atom is -0.381 e. The average molecular weight is 366 g/mol. The first-order chi connectivity index (χ1) is 13.2. The maximum absolute atomic E-state index is 12.2. The molecule has 1 saturated heterocycles. The highest BCUT2D eigenvalue weighted by molar-refractivity contribution is 6.35. The van der Waals surface area contributed by atoms with Gasteiger partial charge in [0.15, 0.2) is 0 Å².